The molecule has 1 aromatic rings. The third-order valence-electron chi connectivity index (χ3n) is 2.92. The maximum atomic E-state index is 12.0. The molecule has 0 atom stereocenters. The molecule has 1 rings (SSSR count). The number of sulfonamides is 1. The second kappa shape index (κ2) is 8.74. The molecule has 1 aromatic carbocycles. The van der Waals surface area contributed by atoms with Crippen molar-refractivity contribution in [3.8, 4) is 11.5 Å². The molecule has 120 valence electrons. The van der Waals surface area contributed by atoms with Gasteiger partial charge in [-0.05, 0) is 38.1 Å². The Bertz CT molecular complexity index is 532. The Morgan fingerprint density at radius 1 is 1.10 bits per heavy atom. The molecule has 0 aliphatic rings. The Hall–Kier alpha value is -1.47. The highest BCUT2D eigenvalue weighted by molar-refractivity contribution is 7.92. The van der Waals surface area contributed by atoms with Crippen LogP contribution >= 0.6 is 0 Å². The minimum absolute atomic E-state index is 0.104. The number of hydrogen-bond donors (Lipinski definition) is 2. The lowest BCUT2D eigenvalue weighted by Crippen LogP contribution is -2.19. The summed E-state index contributed by atoms with van der Waals surface area (Å²) >= 11 is 0. The zero-order chi connectivity index (χ0) is 15.7. The van der Waals surface area contributed by atoms with E-state index in [4.69, 9.17) is 9.47 Å². The first kappa shape index (κ1) is 17.6. The molecule has 0 saturated carbocycles. The van der Waals surface area contributed by atoms with E-state index < -0.39 is 10.0 Å². The normalized spacial score (nSPS) is 11.2. The number of anilines is 1. The van der Waals surface area contributed by atoms with Gasteiger partial charge in [0.05, 0.1) is 25.7 Å². The Kier molecular flexibility index (Phi) is 7.31. The van der Waals surface area contributed by atoms with Crippen LogP contribution in [0.2, 0.25) is 0 Å². The summed E-state index contributed by atoms with van der Waals surface area (Å²) in [6.45, 7) is 3.76. The van der Waals surface area contributed by atoms with Gasteiger partial charge in [0.2, 0.25) is 10.0 Å². The van der Waals surface area contributed by atoms with Gasteiger partial charge in [0.25, 0.3) is 0 Å². The highest BCUT2D eigenvalue weighted by atomic mass is 32.2. The van der Waals surface area contributed by atoms with E-state index in [1.165, 1.54) is 14.2 Å². The summed E-state index contributed by atoms with van der Waals surface area (Å²) in [4.78, 5) is 0. The Labute approximate surface area is 126 Å². The zero-order valence-corrected chi connectivity index (χ0v) is 13.6. The zero-order valence-electron chi connectivity index (χ0n) is 12.8. The van der Waals surface area contributed by atoms with Gasteiger partial charge in [0.1, 0.15) is 0 Å². The van der Waals surface area contributed by atoms with Crippen LogP contribution in [-0.4, -0.2) is 41.5 Å². The van der Waals surface area contributed by atoms with Gasteiger partial charge < -0.3 is 14.8 Å². The maximum Gasteiger partial charge on any atom is 0.232 e. The number of hydrogen-bond acceptors (Lipinski definition) is 5. The maximum absolute atomic E-state index is 12.0. The highest BCUT2D eigenvalue weighted by Crippen LogP contribution is 2.30. The van der Waals surface area contributed by atoms with Gasteiger partial charge in [-0.1, -0.05) is 6.92 Å². The average Bonchev–Trinajstić information content (AvgIpc) is 2.46. The van der Waals surface area contributed by atoms with Crippen LogP contribution < -0.4 is 19.5 Å². The van der Waals surface area contributed by atoms with E-state index in [-0.39, 0.29) is 5.75 Å². The van der Waals surface area contributed by atoms with Crippen molar-refractivity contribution in [2.75, 3.05) is 37.8 Å². The average molecular weight is 316 g/mol. The lowest BCUT2D eigenvalue weighted by Gasteiger charge is -2.11. The van der Waals surface area contributed by atoms with Crippen LogP contribution in [0, 0.1) is 0 Å². The number of ether oxygens (including phenoxy) is 2. The van der Waals surface area contributed by atoms with E-state index in [0.717, 1.165) is 19.5 Å². The molecule has 0 aliphatic heterocycles. The van der Waals surface area contributed by atoms with Gasteiger partial charge in [-0.2, -0.15) is 0 Å². The molecule has 7 heteroatoms. The molecule has 0 fully saturated rings. The SMILES string of the molecule is CCNCCCCS(=O)(=O)Nc1ccc(OC)c(OC)c1. The molecule has 0 aliphatic carbocycles. The van der Waals surface area contributed by atoms with E-state index in [1.54, 1.807) is 18.2 Å². The summed E-state index contributed by atoms with van der Waals surface area (Å²) in [5.74, 6) is 1.16. The van der Waals surface area contributed by atoms with Crippen LogP contribution in [0.3, 0.4) is 0 Å². The molecule has 0 spiro atoms. The molecule has 6 nitrogen and oxygen atoms in total. The summed E-state index contributed by atoms with van der Waals surface area (Å²) in [6.07, 6.45) is 1.45. The monoisotopic (exact) mass is 316 g/mol. The fraction of sp³-hybridized carbons (Fsp3) is 0.571. The topological polar surface area (TPSA) is 76.7 Å². The first-order valence-electron chi connectivity index (χ1n) is 6.95. The fourth-order valence-corrected chi connectivity index (χ4v) is 3.02. The highest BCUT2D eigenvalue weighted by Gasteiger charge is 2.12. The van der Waals surface area contributed by atoms with E-state index in [0.29, 0.717) is 23.6 Å². The van der Waals surface area contributed by atoms with Crippen LogP contribution in [0.1, 0.15) is 19.8 Å². The molecule has 2 N–H and O–H groups in total. The molecule has 0 radical (unpaired) electrons. The smallest absolute Gasteiger partial charge is 0.232 e. The van der Waals surface area contributed by atoms with Crippen molar-refractivity contribution in [3.05, 3.63) is 18.2 Å². The molecule has 21 heavy (non-hydrogen) atoms. The number of rotatable bonds is 10. The Morgan fingerprint density at radius 2 is 1.81 bits per heavy atom. The van der Waals surface area contributed by atoms with Gasteiger partial charge in [-0.15, -0.1) is 0 Å². The predicted molar refractivity (Wildman–Crippen MR) is 84.7 cm³/mol. The van der Waals surface area contributed by atoms with E-state index in [9.17, 15) is 8.42 Å². The minimum atomic E-state index is -3.34. The summed E-state index contributed by atoms with van der Waals surface area (Å²) in [7, 11) is -0.296. The fourth-order valence-electron chi connectivity index (χ4n) is 1.85. The predicted octanol–water partition coefficient (Wildman–Crippen LogP) is 1.84. The van der Waals surface area contributed by atoms with Crippen LogP contribution in [0.15, 0.2) is 18.2 Å². The number of unbranched alkanes of at least 4 members (excludes halogenated alkanes) is 1. The van der Waals surface area contributed by atoms with Gasteiger partial charge in [0, 0.05) is 6.07 Å². The first-order valence-corrected chi connectivity index (χ1v) is 8.61. The third-order valence-corrected chi connectivity index (χ3v) is 4.30. The first-order chi connectivity index (χ1) is 10.0. The summed E-state index contributed by atoms with van der Waals surface area (Å²) in [5.41, 5.74) is 0.472. The standard InChI is InChI=1S/C14H24N2O4S/c1-4-15-9-5-6-10-21(17,18)16-12-7-8-13(19-2)14(11-12)20-3/h7-8,11,15-16H,4-6,9-10H2,1-3H3. The number of benzene rings is 1. The van der Waals surface area contributed by atoms with Crippen LogP contribution in [0.5, 0.6) is 11.5 Å². The number of methoxy groups -OCH3 is 2. The van der Waals surface area contributed by atoms with E-state index >= 15 is 0 Å². The van der Waals surface area contributed by atoms with Crippen molar-refractivity contribution >= 4 is 15.7 Å². The van der Waals surface area contributed by atoms with Crippen molar-refractivity contribution in [2.24, 2.45) is 0 Å². The van der Waals surface area contributed by atoms with Gasteiger partial charge in [-0.3, -0.25) is 4.72 Å². The summed E-state index contributed by atoms with van der Waals surface area (Å²) in [5, 5.41) is 3.17. The Balaban J connectivity index is 2.58. The lowest BCUT2D eigenvalue weighted by molar-refractivity contribution is 0.355. The van der Waals surface area contributed by atoms with E-state index in [2.05, 4.69) is 10.0 Å². The second-order valence-electron chi connectivity index (χ2n) is 4.55. The third kappa shape index (κ3) is 6.22. The van der Waals surface area contributed by atoms with Crippen molar-refractivity contribution < 1.29 is 17.9 Å². The van der Waals surface area contributed by atoms with Crippen LogP contribution in [0.4, 0.5) is 5.69 Å². The molecule has 0 amide bonds. The molecule has 0 aromatic heterocycles. The van der Waals surface area contributed by atoms with Crippen LogP contribution in [-0.2, 0) is 10.0 Å². The quantitative estimate of drug-likeness (QED) is 0.644. The molecule has 0 heterocycles. The molecule has 0 unspecified atom stereocenters. The van der Waals surface area contributed by atoms with E-state index in [1.807, 2.05) is 6.92 Å². The van der Waals surface area contributed by atoms with Crippen molar-refractivity contribution in [1.82, 2.24) is 5.32 Å². The largest absolute Gasteiger partial charge is 0.493 e. The second-order valence-corrected chi connectivity index (χ2v) is 6.39. The van der Waals surface area contributed by atoms with Crippen molar-refractivity contribution in [1.29, 1.82) is 0 Å². The molecular weight excluding hydrogens is 292 g/mol. The molecular formula is C14H24N2O4S. The van der Waals surface area contributed by atoms with Crippen molar-refractivity contribution in [3.63, 3.8) is 0 Å². The molecule has 0 bridgehead atoms. The number of nitrogens with one attached hydrogen (secondary N) is 2. The van der Waals surface area contributed by atoms with Gasteiger partial charge >= 0.3 is 0 Å². The van der Waals surface area contributed by atoms with Gasteiger partial charge in [0.15, 0.2) is 11.5 Å². The van der Waals surface area contributed by atoms with Crippen LogP contribution in [0.25, 0.3) is 0 Å². The Morgan fingerprint density at radius 3 is 2.43 bits per heavy atom. The summed E-state index contributed by atoms with van der Waals surface area (Å²) in [6, 6.07) is 4.93. The summed E-state index contributed by atoms with van der Waals surface area (Å²) < 4.78 is 36.8. The lowest BCUT2D eigenvalue weighted by atomic mass is 10.3. The molecule has 0 saturated heterocycles. The van der Waals surface area contributed by atoms with Gasteiger partial charge in [-0.25, -0.2) is 8.42 Å². The van der Waals surface area contributed by atoms with Crippen molar-refractivity contribution in [2.45, 2.75) is 19.8 Å². The minimum Gasteiger partial charge on any atom is -0.493 e.